The van der Waals surface area contributed by atoms with E-state index in [1.54, 1.807) is 0 Å². The third kappa shape index (κ3) is 4.58. The van der Waals surface area contributed by atoms with Crippen LogP contribution >= 0.6 is 0 Å². The van der Waals surface area contributed by atoms with E-state index in [0.29, 0.717) is 31.5 Å². The Kier molecular flexibility index (Phi) is 5.03. The molecule has 0 bridgehead atoms. The Morgan fingerprint density at radius 2 is 1.67 bits per heavy atom. The molecular formula is C10H12F5N2O. The van der Waals surface area contributed by atoms with Gasteiger partial charge in [0.1, 0.15) is 0 Å². The number of unbranched alkanes of at least 4 members (excludes halogenated alkanes) is 3. The Hall–Kier alpha value is -1.21. The van der Waals surface area contributed by atoms with E-state index in [1.807, 2.05) is 0 Å². The van der Waals surface area contributed by atoms with Crippen molar-refractivity contribution in [1.82, 2.24) is 10.1 Å². The van der Waals surface area contributed by atoms with Gasteiger partial charge in [-0.25, -0.2) is 0 Å². The summed E-state index contributed by atoms with van der Waals surface area (Å²) in [7, 11) is 0. The van der Waals surface area contributed by atoms with Crippen molar-refractivity contribution in [2.45, 2.75) is 50.6 Å². The molecule has 0 atom stereocenters. The van der Waals surface area contributed by atoms with Gasteiger partial charge < -0.3 is 4.52 Å². The van der Waals surface area contributed by atoms with Crippen molar-refractivity contribution in [3.8, 4) is 0 Å². The lowest BCUT2D eigenvalue weighted by Crippen LogP contribution is -2.36. The van der Waals surface area contributed by atoms with Crippen LogP contribution in [0.2, 0.25) is 0 Å². The number of aromatic nitrogens is 2. The van der Waals surface area contributed by atoms with Gasteiger partial charge in [-0.15, -0.1) is 0 Å². The van der Waals surface area contributed by atoms with Gasteiger partial charge in [-0.1, -0.05) is 18.0 Å². The molecule has 8 heteroatoms. The lowest BCUT2D eigenvalue weighted by atomic mass is 10.1. The summed E-state index contributed by atoms with van der Waals surface area (Å²) in [6.45, 7) is 0. The summed E-state index contributed by atoms with van der Waals surface area (Å²) in [5.74, 6) is -4.13. The molecule has 1 radical (unpaired) electrons. The lowest BCUT2D eigenvalue weighted by molar-refractivity contribution is -0.284. The van der Waals surface area contributed by atoms with Crippen molar-refractivity contribution in [3.63, 3.8) is 0 Å². The van der Waals surface area contributed by atoms with Gasteiger partial charge in [0, 0.05) is 12.8 Å². The third-order valence-electron chi connectivity index (χ3n) is 2.42. The van der Waals surface area contributed by atoms with Crippen molar-refractivity contribution in [1.29, 1.82) is 0 Å². The maximum Gasteiger partial charge on any atom is 0.453 e. The first kappa shape index (κ1) is 14.8. The molecular weight excluding hydrogens is 259 g/mol. The molecule has 0 fully saturated rings. The molecule has 18 heavy (non-hydrogen) atoms. The minimum Gasteiger partial charge on any atom is -0.329 e. The third-order valence-corrected chi connectivity index (χ3v) is 2.42. The molecule has 1 aromatic rings. The van der Waals surface area contributed by atoms with Crippen LogP contribution in [-0.2, 0) is 6.42 Å². The van der Waals surface area contributed by atoms with Crippen molar-refractivity contribution in [2.75, 3.05) is 0 Å². The summed E-state index contributed by atoms with van der Waals surface area (Å²) in [6, 6.07) is 0. The second kappa shape index (κ2) is 6.10. The molecule has 0 spiro atoms. The van der Waals surface area contributed by atoms with Gasteiger partial charge in [-0.3, -0.25) is 0 Å². The maximum atomic E-state index is 12.5. The Bertz CT molecular complexity index is 337. The van der Waals surface area contributed by atoms with Gasteiger partial charge in [-0.05, 0) is 12.8 Å². The molecule has 0 aliphatic heterocycles. The number of aryl methyl sites for hydroxylation is 1. The van der Waals surface area contributed by atoms with Crippen LogP contribution in [0.3, 0.4) is 0 Å². The average Bonchev–Trinajstić information content (AvgIpc) is 2.74. The van der Waals surface area contributed by atoms with E-state index in [1.165, 1.54) is 0 Å². The zero-order valence-electron chi connectivity index (χ0n) is 9.44. The fraction of sp³-hybridized carbons (Fsp3) is 0.800. The maximum absolute atomic E-state index is 12.5. The first-order valence-electron chi connectivity index (χ1n) is 5.46. The molecule has 3 nitrogen and oxygen atoms in total. The highest BCUT2D eigenvalue weighted by atomic mass is 19.4. The van der Waals surface area contributed by atoms with Crippen LogP contribution in [0.15, 0.2) is 4.52 Å². The standard InChI is InChI=1S/C10H12F5N2O/c11-9(12,10(13,14)15)6-4-2-1-3-5-8-16-7-18-17-8/h1-6H2. The predicted octanol–water partition coefficient (Wildman–Crippen LogP) is 3.56. The minimum atomic E-state index is -5.45. The SMILES string of the molecule is FC(F)(F)C(F)(F)CCCCCCc1n[c]on1. The van der Waals surface area contributed by atoms with Crippen molar-refractivity contribution >= 4 is 0 Å². The summed E-state index contributed by atoms with van der Waals surface area (Å²) in [4.78, 5) is 3.63. The molecule has 0 aromatic carbocycles. The van der Waals surface area contributed by atoms with Crippen molar-refractivity contribution in [2.24, 2.45) is 0 Å². The van der Waals surface area contributed by atoms with Crippen LogP contribution in [0.25, 0.3) is 0 Å². The number of halogens is 5. The summed E-state index contributed by atoms with van der Waals surface area (Å²) in [5.41, 5.74) is 0. The van der Waals surface area contributed by atoms with E-state index in [-0.39, 0.29) is 6.42 Å². The highest BCUT2D eigenvalue weighted by molar-refractivity contribution is 4.77. The van der Waals surface area contributed by atoms with Gasteiger partial charge in [0.2, 0.25) is 0 Å². The monoisotopic (exact) mass is 271 g/mol. The number of hydrogen-bond donors (Lipinski definition) is 0. The topological polar surface area (TPSA) is 38.9 Å². The number of alkyl halides is 5. The molecule has 1 heterocycles. The van der Waals surface area contributed by atoms with Crippen LogP contribution in [0.5, 0.6) is 0 Å². The molecule has 1 rings (SSSR count). The van der Waals surface area contributed by atoms with Crippen LogP contribution in [0.4, 0.5) is 22.0 Å². The summed E-state index contributed by atoms with van der Waals surface area (Å²) in [6.07, 6.45) is -2.64. The van der Waals surface area contributed by atoms with E-state index < -0.39 is 18.5 Å². The normalized spacial score (nSPS) is 12.9. The Labute approximate surface area is 100 Å². The van der Waals surface area contributed by atoms with Gasteiger partial charge in [0.25, 0.3) is 0 Å². The zero-order valence-corrected chi connectivity index (χ0v) is 9.44. The first-order valence-corrected chi connectivity index (χ1v) is 5.46. The Morgan fingerprint density at radius 3 is 2.22 bits per heavy atom. The molecule has 0 amide bonds. The quantitative estimate of drug-likeness (QED) is 0.562. The number of hydrogen-bond acceptors (Lipinski definition) is 3. The molecule has 0 aliphatic rings. The molecule has 0 saturated heterocycles. The largest absolute Gasteiger partial charge is 0.453 e. The van der Waals surface area contributed by atoms with E-state index in [9.17, 15) is 22.0 Å². The first-order chi connectivity index (χ1) is 8.33. The second-order valence-corrected chi connectivity index (χ2v) is 3.92. The van der Waals surface area contributed by atoms with Gasteiger partial charge in [0.05, 0.1) is 0 Å². The van der Waals surface area contributed by atoms with Gasteiger partial charge in [-0.2, -0.15) is 26.9 Å². The van der Waals surface area contributed by atoms with Gasteiger partial charge >= 0.3 is 18.5 Å². The fourth-order valence-electron chi connectivity index (χ4n) is 1.39. The lowest BCUT2D eigenvalue weighted by Gasteiger charge is -2.19. The smallest absolute Gasteiger partial charge is 0.329 e. The molecule has 0 N–H and O–H groups in total. The summed E-state index contributed by atoms with van der Waals surface area (Å²) in [5, 5.41) is 3.50. The highest BCUT2D eigenvalue weighted by Gasteiger charge is 2.56. The predicted molar refractivity (Wildman–Crippen MR) is 50.9 cm³/mol. The summed E-state index contributed by atoms with van der Waals surface area (Å²) >= 11 is 0. The van der Waals surface area contributed by atoms with Crippen molar-refractivity contribution in [3.05, 3.63) is 12.2 Å². The highest BCUT2D eigenvalue weighted by Crippen LogP contribution is 2.39. The number of rotatable bonds is 7. The van der Waals surface area contributed by atoms with E-state index in [0.717, 1.165) is 0 Å². The molecule has 1 aromatic heterocycles. The Balaban J connectivity index is 2.08. The average molecular weight is 271 g/mol. The molecule has 0 aliphatic carbocycles. The van der Waals surface area contributed by atoms with Crippen LogP contribution in [0.1, 0.15) is 37.9 Å². The summed E-state index contributed by atoms with van der Waals surface area (Å²) < 4.78 is 64.8. The number of nitrogens with zero attached hydrogens (tertiary/aromatic N) is 2. The van der Waals surface area contributed by atoms with Crippen LogP contribution in [0, 0.1) is 6.39 Å². The van der Waals surface area contributed by atoms with E-state index in [2.05, 4.69) is 21.1 Å². The fourth-order valence-corrected chi connectivity index (χ4v) is 1.39. The van der Waals surface area contributed by atoms with Crippen LogP contribution < -0.4 is 0 Å². The van der Waals surface area contributed by atoms with E-state index >= 15 is 0 Å². The second-order valence-electron chi connectivity index (χ2n) is 3.92. The van der Waals surface area contributed by atoms with E-state index in [4.69, 9.17) is 0 Å². The molecule has 103 valence electrons. The Morgan fingerprint density at radius 1 is 1.00 bits per heavy atom. The minimum absolute atomic E-state index is 0.162. The zero-order chi connectivity index (χ0) is 13.6. The van der Waals surface area contributed by atoms with Gasteiger partial charge in [0.15, 0.2) is 5.82 Å². The molecule has 0 saturated carbocycles. The van der Waals surface area contributed by atoms with Crippen LogP contribution in [-0.4, -0.2) is 22.2 Å². The molecule has 0 unspecified atom stereocenters. The van der Waals surface area contributed by atoms with Crippen molar-refractivity contribution < 1.29 is 26.5 Å².